The zero-order valence-electron chi connectivity index (χ0n) is 25.3. The Morgan fingerprint density at radius 1 is 1.14 bits per heavy atom. The van der Waals surface area contributed by atoms with Gasteiger partial charge in [0, 0.05) is 52.4 Å². The predicted octanol–water partition coefficient (Wildman–Crippen LogP) is 8.25. The number of carbonyl (C=O) groups excluding carboxylic acids is 1. The molecule has 8 heteroatoms. The average Bonchev–Trinajstić information content (AvgIpc) is 3.21. The number of pyridine rings is 1. The van der Waals surface area contributed by atoms with E-state index in [1.165, 1.54) is 0 Å². The summed E-state index contributed by atoms with van der Waals surface area (Å²) in [6.07, 6.45) is 13.6. The molecule has 2 aliphatic heterocycles. The van der Waals surface area contributed by atoms with E-state index in [2.05, 4.69) is 52.8 Å². The van der Waals surface area contributed by atoms with Gasteiger partial charge in [-0.2, -0.15) is 0 Å². The van der Waals surface area contributed by atoms with Crippen molar-refractivity contribution in [3.8, 4) is 5.75 Å². The maximum atomic E-state index is 14.8. The number of hydrogen-bond donors (Lipinski definition) is 0. The number of benzene rings is 1. The van der Waals surface area contributed by atoms with Gasteiger partial charge in [-0.05, 0) is 57.4 Å². The van der Waals surface area contributed by atoms with Crippen molar-refractivity contribution in [2.24, 2.45) is 10.9 Å². The molecule has 1 aromatic heterocycles. The number of ether oxygens (including phenoxy) is 1. The molecule has 42 heavy (non-hydrogen) atoms. The normalized spacial score (nSPS) is 25.9. The number of amidine groups is 1. The average molecular weight is 608 g/mol. The Morgan fingerprint density at radius 3 is 2.48 bits per heavy atom. The predicted molar refractivity (Wildman–Crippen MR) is 172 cm³/mol. The fraction of sp³-hybridized carbons (Fsp3) is 0.441. The third-order valence-electron chi connectivity index (χ3n) is 8.86. The van der Waals surface area contributed by atoms with Gasteiger partial charge in [0.05, 0.1) is 23.2 Å². The van der Waals surface area contributed by atoms with Crippen LogP contribution in [-0.2, 0) is 11.0 Å². The monoisotopic (exact) mass is 606 g/mol. The van der Waals surface area contributed by atoms with Crippen LogP contribution in [0.15, 0.2) is 76.9 Å². The van der Waals surface area contributed by atoms with Gasteiger partial charge in [0.1, 0.15) is 11.6 Å². The molecule has 0 saturated carbocycles. The smallest absolute Gasteiger partial charge is 0.326 e. The van der Waals surface area contributed by atoms with Crippen LogP contribution >= 0.6 is 23.2 Å². The fourth-order valence-corrected chi connectivity index (χ4v) is 6.46. The molecule has 222 valence electrons. The Kier molecular flexibility index (Phi) is 8.34. The lowest BCUT2D eigenvalue weighted by Gasteiger charge is -2.49. The summed E-state index contributed by atoms with van der Waals surface area (Å²) in [6, 6.07) is 9.67. The first-order valence-electron chi connectivity index (χ1n) is 14.7. The molecular formula is C34H40Cl2N4O2. The van der Waals surface area contributed by atoms with Gasteiger partial charge in [-0.25, -0.2) is 4.79 Å². The lowest BCUT2D eigenvalue weighted by atomic mass is 9.66. The first kappa shape index (κ1) is 30.4. The first-order chi connectivity index (χ1) is 19.9. The maximum Gasteiger partial charge on any atom is 0.326 e. The largest absolute Gasteiger partial charge is 0.493 e. The SMILES string of the molecule is CCOc1cc(C(C)(C)C)ncc1C1=N[C@@](C)(C2C=CC(Cl)=CC2)[C@@](C)(c2ccc(Cl)cc2)N1C(=O)N1CC=CCC1. The van der Waals surface area contributed by atoms with Gasteiger partial charge in [-0.3, -0.25) is 14.9 Å². The van der Waals surface area contributed by atoms with Crippen LogP contribution in [-0.4, -0.2) is 51.9 Å². The number of halogens is 2. The van der Waals surface area contributed by atoms with E-state index in [4.69, 9.17) is 37.9 Å². The number of urea groups is 1. The third kappa shape index (κ3) is 5.28. The van der Waals surface area contributed by atoms with Crippen LogP contribution < -0.4 is 4.74 Å². The highest BCUT2D eigenvalue weighted by Crippen LogP contribution is 2.53. The number of carbonyl (C=O) groups is 1. The Balaban J connectivity index is 1.78. The summed E-state index contributed by atoms with van der Waals surface area (Å²) in [7, 11) is 0. The van der Waals surface area contributed by atoms with Crippen LogP contribution in [0.1, 0.15) is 71.2 Å². The number of allylic oxidation sites excluding steroid dienone is 3. The Labute approximate surface area is 259 Å². The molecule has 2 aromatic rings. The Morgan fingerprint density at radius 2 is 1.88 bits per heavy atom. The lowest BCUT2D eigenvalue weighted by molar-refractivity contribution is 0.0918. The summed E-state index contributed by atoms with van der Waals surface area (Å²) < 4.78 is 6.23. The number of amides is 2. The molecule has 1 aromatic carbocycles. The van der Waals surface area contributed by atoms with Crippen LogP contribution in [0.25, 0.3) is 0 Å². The summed E-state index contributed by atoms with van der Waals surface area (Å²) in [5.74, 6) is 1.18. The van der Waals surface area contributed by atoms with Crippen LogP contribution in [0.2, 0.25) is 5.02 Å². The van der Waals surface area contributed by atoms with E-state index in [1.54, 1.807) is 0 Å². The molecule has 1 aliphatic carbocycles. The van der Waals surface area contributed by atoms with Crippen molar-refractivity contribution in [3.63, 3.8) is 0 Å². The second-order valence-electron chi connectivity index (χ2n) is 12.5. The minimum Gasteiger partial charge on any atom is -0.493 e. The summed E-state index contributed by atoms with van der Waals surface area (Å²) in [5, 5.41) is 1.34. The minimum atomic E-state index is -0.885. The molecule has 0 bridgehead atoms. The molecular weight excluding hydrogens is 567 g/mol. The summed E-state index contributed by atoms with van der Waals surface area (Å²) in [4.78, 5) is 28.9. The minimum absolute atomic E-state index is 0.0351. The van der Waals surface area contributed by atoms with Crippen molar-refractivity contribution < 1.29 is 9.53 Å². The molecule has 2 amide bonds. The van der Waals surface area contributed by atoms with E-state index in [0.29, 0.717) is 53.3 Å². The van der Waals surface area contributed by atoms with Crippen molar-refractivity contribution in [1.29, 1.82) is 0 Å². The van der Waals surface area contributed by atoms with Gasteiger partial charge in [0.15, 0.2) is 0 Å². The van der Waals surface area contributed by atoms with Gasteiger partial charge in [-0.1, -0.05) is 80.4 Å². The first-order valence-corrected chi connectivity index (χ1v) is 15.4. The molecule has 0 fully saturated rings. The Hall–Kier alpha value is -3.09. The number of hydrogen-bond acceptors (Lipinski definition) is 4. The van der Waals surface area contributed by atoms with E-state index in [1.807, 2.05) is 65.4 Å². The number of aliphatic imine (C=N–C) groups is 1. The lowest BCUT2D eigenvalue weighted by Crippen LogP contribution is -2.61. The number of rotatable bonds is 5. The standard InChI is InChI=1S/C34H40Cl2N4O2/c1-7-42-28-21-29(32(2,3)4)37-22-27(28)30-38-33(5,23-11-15-25(35)16-12-23)34(6,24-13-17-26(36)18-14-24)40(30)31(41)39-19-9-8-10-20-39/h8-9,11,13-18,21-23H,7,10,12,19-20H2,1-6H3/t23?,33-,34+/m0/s1. The second-order valence-corrected chi connectivity index (χ2v) is 13.4. The van der Waals surface area contributed by atoms with E-state index < -0.39 is 11.1 Å². The molecule has 0 spiro atoms. The van der Waals surface area contributed by atoms with Gasteiger partial charge < -0.3 is 9.64 Å². The molecule has 6 nitrogen and oxygen atoms in total. The highest BCUT2D eigenvalue weighted by atomic mass is 35.5. The highest BCUT2D eigenvalue weighted by Gasteiger charge is 2.61. The van der Waals surface area contributed by atoms with Gasteiger partial charge in [0.2, 0.25) is 0 Å². The highest BCUT2D eigenvalue weighted by molar-refractivity contribution is 6.31. The van der Waals surface area contributed by atoms with E-state index in [0.717, 1.165) is 17.7 Å². The number of nitrogens with zero attached hydrogens (tertiary/aromatic N) is 4. The zero-order chi connectivity index (χ0) is 30.3. The van der Waals surface area contributed by atoms with Crippen LogP contribution in [0, 0.1) is 5.92 Å². The topological polar surface area (TPSA) is 58.0 Å². The van der Waals surface area contributed by atoms with E-state index in [9.17, 15) is 4.79 Å². The quantitative estimate of drug-likeness (QED) is 0.322. The molecule has 3 aliphatic rings. The van der Waals surface area contributed by atoms with E-state index >= 15 is 0 Å². The molecule has 3 heterocycles. The Bertz CT molecular complexity index is 1470. The van der Waals surface area contributed by atoms with Crippen LogP contribution in [0.5, 0.6) is 5.75 Å². The summed E-state index contributed by atoms with van der Waals surface area (Å²) in [6.45, 7) is 14.2. The van der Waals surface area contributed by atoms with Gasteiger partial charge >= 0.3 is 6.03 Å². The molecule has 1 unspecified atom stereocenters. The molecule has 3 atom stereocenters. The molecule has 0 radical (unpaired) electrons. The van der Waals surface area contributed by atoms with Crippen molar-refractivity contribution >= 4 is 35.1 Å². The van der Waals surface area contributed by atoms with Crippen molar-refractivity contribution in [1.82, 2.24) is 14.8 Å². The molecule has 0 saturated heterocycles. The zero-order valence-corrected chi connectivity index (χ0v) is 26.8. The fourth-order valence-electron chi connectivity index (χ4n) is 6.18. The molecule has 0 N–H and O–H groups in total. The van der Waals surface area contributed by atoms with Gasteiger partial charge in [0.25, 0.3) is 0 Å². The second kappa shape index (κ2) is 11.5. The van der Waals surface area contributed by atoms with Crippen molar-refractivity contribution in [2.45, 2.75) is 70.9 Å². The number of aromatic nitrogens is 1. The summed E-state index contributed by atoms with van der Waals surface area (Å²) >= 11 is 12.7. The molecule has 5 rings (SSSR count). The summed E-state index contributed by atoms with van der Waals surface area (Å²) in [5.41, 5.74) is 0.717. The van der Waals surface area contributed by atoms with Gasteiger partial charge in [-0.15, -0.1) is 0 Å². The maximum absolute atomic E-state index is 14.8. The van der Waals surface area contributed by atoms with E-state index in [-0.39, 0.29) is 17.4 Å². The third-order valence-corrected chi connectivity index (χ3v) is 9.39. The van der Waals surface area contributed by atoms with Crippen LogP contribution in [0.4, 0.5) is 4.79 Å². The van der Waals surface area contributed by atoms with Crippen LogP contribution in [0.3, 0.4) is 0 Å². The van der Waals surface area contributed by atoms with Crippen molar-refractivity contribution in [3.05, 3.63) is 93.8 Å². The van der Waals surface area contributed by atoms with Crippen molar-refractivity contribution in [2.75, 3.05) is 19.7 Å².